The number of rotatable bonds is 1. The van der Waals surface area contributed by atoms with E-state index < -0.39 is 0 Å². The Morgan fingerprint density at radius 2 is 2.08 bits per heavy atom. The van der Waals surface area contributed by atoms with Gasteiger partial charge < -0.3 is 11.6 Å². The standard InChI is InChI=1S/C7H7BrFN3/c8-5-1-4(7(10)12-11)2-6(9)3-5/h1-3H,11H2,(H2,10,12). The van der Waals surface area contributed by atoms with Gasteiger partial charge in [0.15, 0.2) is 0 Å². The smallest absolute Gasteiger partial charge is 0.150 e. The van der Waals surface area contributed by atoms with Crippen molar-refractivity contribution in [3.63, 3.8) is 0 Å². The molecular weight excluding hydrogens is 225 g/mol. The van der Waals surface area contributed by atoms with Gasteiger partial charge in [0.25, 0.3) is 0 Å². The molecule has 1 aromatic rings. The van der Waals surface area contributed by atoms with E-state index in [9.17, 15) is 4.39 Å². The summed E-state index contributed by atoms with van der Waals surface area (Å²) in [6, 6.07) is 4.22. The average molecular weight is 232 g/mol. The quantitative estimate of drug-likeness (QED) is 0.330. The number of nitrogens with zero attached hydrogens (tertiary/aromatic N) is 1. The largest absolute Gasteiger partial charge is 0.382 e. The highest BCUT2D eigenvalue weighted by atomic mass is 79.9. The first-order chi connectivity index (χ1) is 5.63. The molecule has 12 heavy (non-hydrogen) atoms. The maximum atomic E-state index is 12.7. The molecule has 5 heteroatoms. The Balaban J connectivity index is 3.17. The molecule has 0 fully saturated rings. The van der Waals surface area contributed by atoms with Crippen LogP contribution in [0, 0.1) is 5.82 Å². The number of hydrogen-bond donors (Lipinski definition) is 2. The van der Waals surface area contributed by atoms with Crippen molar-refractivity contribution in [1.29, 1.82) is 0 Å². The maximum absolute atomic E-state index is 12.7. The van der Waals surface area contributed by atoms with Crippen molar-refractivity contribution < 1.29 is 4.39 Å². The highest BCUT2D eigenvalue weighted by molar-refractivity contribution is 9.10. The third-order valence-electron chi connectivity index (χ3n) is 1.30. The van der Waals surface area contributed by atoms with Crippen molar-refractivity contribution in [3.05, 3.63) is 34.1 Å². The van der Waals surface area contributed by atoms with Gasteiger partial charge in [0.1, 0.15) is 11.7 Å². The van der Waals surface area contributed by atoms with Crippen molar-refractivity contribution in [1.82, 2.24) is 0 Å². The van der Waals surface area contributed by atoms with Crippen LogP contribution in [0.2, 0.25) is 0 Å². The van der Waals surface area contributed by atoms with Gasteiger partial charge in [0, 0.05) is 10.0 Å². The van der Waals surface area contributed by atoms with E-state index in [0.717, 1.165) is 0 Å². The molecule has 64 valence electrons. The number of hydrazone groups is 1. The maximum Gasteiger partial charge on any atom is 0.150 e. The monoisotopic (exact) mass is 231 g/mol. The van der Waals surface area contributed by atoms with Gasteiger partial charge in [0.05, 0.1) is 0 Å². The van der Waals surface area contributed by atoms with Crippen LogP contribution < -0.4 is 11.6 Å². The molecule has 0 aliphatic rings. The third-order valence-corrected chi connectivity index (χ3v) is 1.76. The summed E-state index contributed by atoms with van der Waals surface area (Å²) in [5, 5.41) is 3.25. The Hall–Kier alpha value is -1.10. The number of halogens is 2. The zero-order valence-corrected chi connectivity index (χ0v) is 7.68. The Kier molecular flexibility index (Phi) is 2.65. The van der Waals surface area contributed by atoms with E-state index in [0.29, 0.717) is 10.0 Å². The molecule has 0 amide bonds. The second-order valence-corrected chi connectivity index (χ2v) is 3.09. The SMILES string of the molecule is NN=C(N)c1cc(F)cc(Br)c1. The number of hydrogen-bond acceptors (Lipinski definition) is 2. The van der Waals surface area contributed by atoms with Gasteiger partial charge >= 0.3 is 0 Å². The summed E-state index contributed by atoms with van der Waals surface area (Å²) in [6.45, 7) is 0. The van der Waals surface area contributed by atoms with Gasteiger partial charge in [-0.1, -0.05) is 15.9 Å². The topological polar surface area (TPSA) is 64.4 Å². The molecule has 0 bridgehead atoms. The summed E-state index contributed by atoms with van der Waals surface area (Å²) in [5.41, 5.74) is 5.83. The van der Waals surface area contributed by atoms with E-state index in [1.165, 1.54) is 12.1 Å². The van der Waals surface area contributed by atoms with Crippen LogP contribution in [-0.4, -0.2) is 5.84 Å². The van der Waals surface area contributed by atoms with Crippen LogP contribution in [-0.2, 0) is 0 Å². The van der Waals surface area contributed by atoms with Gasteiger partial charge in [-0.05, 0) is 18.2 Å². The van der Waals surface area contributed by atoms with Crippen LogP contribution in [0.4, 0.5) is 4.39 Å². The summed E-state index contributed by atoms with van der Waals surface area (Å²) in [7, 11) is 0. The molecule has 0 heterocycles. The van der Waals surface area contributed by atoms with Crippen LogP contribution in [0.25, 0.3) is 0 Å². The van der Waals surface area contributed by atoms with Crippen LogP contribution in [0.3, 0.4) is 0 Å². The minimum absolute atomic E-state index is 0.107. The first kappa shape index (κ1) is 8.99. The number of amidine groups is 1. The molecule has 4 N–H and O–H groups in total. The summed E-state index contributed by atoms with van der Waals surface area (Å²) < 4.78 is 13.3. The molecule has 0 aromatic heterocycles. The predicted molar refractivity (Wildman–Crippen MR) is 49.0 cm³/mol. The molecule has 1 aromatic carbocycles. The Bertz CT molecular complexity index is 304. The lowest BCUT2D eigenvalue weighted by atomic mass is 10.2. The van der Waals surface area contributed by atoms with Crippen LogP contribution >= 0.6 is 15.9 Å². The fourth-order valence-corrected chi connectivity index (χ4v) is 1.24. The summed E-state index contributed by atoms with van der Waals surface area (Å²) >= 11 is 3.12. The molecular formula is C7H7BrFN3. The lowest BCUT2D eigenvalue weighted by Gasteiger charge is -1.99. The van der Waals surface area contributed by atoms with Crippen molar-refractivity contribution in [3.8, 4) is 0 Å². The van der Waals surface area contributed by atoms with Gasteiger partial charge in [-0.25, -0.2) is 4.39 Å². The first-order valence-electron chi connectivity index (χ1n) is 3.13. The van der Waals surface area contributed by atoms with Gasteiger partial charge in [-0.3, -0.25) is 0 Å². The number of benzene rings is 1. The first-order valence-corrected chi connectivity index (χ1v) is 3.92. The molecule has 3 nitrogen and oxygen atoms in total. The van der Waals surface area contributed by atoms with Gasteiger partial charge in [-0.2, -0.15) is 5.10 Å². The third kappa shape index (κ3) is 1.94. The Morgan fingerprint density at radius 1 is 1.42 bits per heavy atom. The fourth-order valence-electron chi connectivity index (χ4n) is 0.776. The molecule has 0 aliphatic heterocycles. The van der Waals surface area contributed by atoms with Crippen LogP contribution in [0.1, 0.15) is 5.56 Å². The molecule has 1 rings (SSSR count). The van der Waals surface area contributed by atoms with Gasteiger partial charge in [-0.15, -0.1) is 0 Å². The molecule has 0 radical (unpaired) electrons. The summed E-state index contributed by atoms with van der Waals surface area (Å²) in [4.78, 5) is 0. The molecule has 0 unspecified atom stereocenters. The lowest BCUT2D eigenvalue weighted by molar-refractivity contribution is 0.626. The van der Waals surface area contributed by atoms with Crippen molar-refractivity contribution in [2.24, 2.45) is 16.7 Å². The van der Waals surface area contributed by atoms with Crippen molar-refractivity contribution in [2.45, 2.75) is 0 Å². The zero-order chi connectivity index (χ0) is 9.14. The predicted octanol–water partition coefficient (Wildman–Crippen LogP) is 1.17. The van der Waals surface area contributed by atoms with E-state index in [1.807, 2.05) is 0 Å². The molecule has 0 spiro atoms. The highest BCUT2D eigenvalue weighted by Crippen LogP contribution is 2.14. The van der Waals surface area contributed by atoms with E-state index >= 15 is 0 Å². The van der Waals surface area contributed by atoms with Gasteiger partial charge in [0.2, 0.25) is 0 Å². The molecule has 0 atom stereocenters. The summed E-state index contributed by atoms with van der Waals surface area (Å²) in [6.07, 6.45) is 0. The minimum Gasteiger partial charge on any atom is -0.382 e. The molecule has 0 saturated heterocycles. The minimum atomic E-state index is -0.383. The summed E-state index contributed by atoms with van der Waals surface area (Å²) in [5.74, 6) is 4.65. The van der Waals surface area contributed by atoms with E-state index in [1.54, 1.807) is 6.07 Å². The Morgan fingerprint density at radius 3 is 2.58 bits per heavy atom. The van der Waals surface area contributed by atoms with E-state index in [-0.39, 0.29) is 11.7 Å². The van der Waals surface area contributed by atoms with Crippen molar-refractivity contribution in [2.75, 3.05) is 0 Å². The zero-order valence-electron chi connectivity index (χ0n) is 6.09. The van der Waals surface area contributed by atoms with Crippen LogP contribution in [0.5, 0.6) is 0 Å². The average Bonchev–Trinajstić information content (AvgIpc) is 2.01. The lowest BCUT2D eigenvalue weighted by Crippen LogP contribution is -2.15. The van der Waals surface area contributed by atoms with E-state index in [4.69, 9.17) is 11.6 Å². The van der Waals surface area contributed by atoms with E-state index in [2.05, 4.69) is 21.0 Å². The highest BCUT2D eigenvalue weighted by Gasteiger charge is 2.01. The fraction of sp³-hybridized carbons (Fsp3) is 0. The second kappa shape index (κ2) is 3.53. The normalized spacial score (nSPS) is 11.7. The molecule has 0 aliphatic carbocycles. The van der Waals surface area contributed by atoms with Crippen LogP contribution in [0.15, 0.2) is 27.8 Å². The molecule has 0 saturated carbocycles. The number of nitrogens with two attached hydrogens (primary N) is 2. The van der Waals surface area contributed by atoms with Crippen molar-refractivity contribution >= 4 is 21.8 Å². The second-order valence-electron chi connectivity index (χ2n) is 2.17. The Labute approximate surface area is 77.4 Å².